The number of nitrogens with zero attached hydrogens (tertiary/aromatic N) is 1. The zero-order chi connectivity index (χ0) is 16.2. The van der Waals surface area contributed by atoms with E-state index in [1.807, 2.05) is 24.3 Å². The smallest absolute Gasteiger partial charge is 0.234 e. The number of hydrogen-bond acceptors (Lipinski definition) is 4. The van der Waals surface area contributed by atoms with Crippen LogP contribution in [0.3, 0.4) is 0 Å². The van der Waals surface area contributed by atoms with Crippen molar-refractivity contribution in [3.63, 3.8) is 0 Å². The van der Waals surface area contributed by atoms with Crippen molar-refractivity contribution in [2.24, 2.45) is 0 Å². The molecule has 2 N–H and O–H groups in total. The van der Waals surface area contributed by atoms with Crippen molar-refractivity contribution >= 4 is 46.0 Å². The number of methoxy groups -OCH3 is 1. The monoisotopic (exact) mass is 347 g/mol. The number of imidazole rings is 1. The number of anilines is 1. The Bertz CT molecular complexity index is 817. The van der Waals surface area contributed by atoms with Crippen LogP contribution in [0.4, 0.5) is 5.69 Å². The highest BCUT2D eigenvalue weighted by Crippen LogP contribution is 2.27. The van der Waals surface area contributed by atoms with Crippen LogP contribution in [0.15, 0.2) is 47.6 Å². The van der Waals surface area contributed by atoms with Crippen LogP contribution < -0.4 is 10.1 Å². The molecular weight excluding hydrogens is 334 g/mol. The minimum Gasteiger partial charge on any atom is -0.495 e. The summed E-state index contributed by atoms with van der Waals surface area (Å²) in [5.41, 5.74) is 2.47. The van der Waals surface area contributed by atoms with Gasteiger partial charge in [-0.2, -0.15) is 0 Å². The third-order valence-electron chi connectivity index (χ3n) is 3.14. The number of H-pyrrole nitrogens is 1. The Morgan fingerprint density at radius 3 is 2.91 bits per heavy atom. The van der Waals surface area contributed by atoms with Crippen LogP contribution in [0.25, 0.3) is 11.0 Å². The first-order valence-electron chi connectivity index (χ1n) is 6.86. The predicted octanol–water partition coefficient (Wildman–Crippen LogP) is 3.96. The second-order valence-electron chi connectivity index (χ2n) is 4.75. The Balaban J connectivity index is 1.60. The van der Waals surface area contributed by atoms with Gasteiger partial charge in [0.25, 0.3) is 0 Å². The summed E-state index contributed by atoms with van der Waals surface area (Å²) in [6.07, 6.45) is 0. The fourth-order valence-corrected chi connectivity index (χ4v) is 3.02. The van der Waals surface area contributed by atoms with Gasteiger partial charge in [-0.25, -0.2) is 4.98 Å². The van der Waals surface area contributed by atoms with E-state index in [1.165, 1.54) is 11.8 Å². The number of aromatic amines is 1. The molecule has 1 amide bonds. The van der Waals surface area contributed by atoms with E-state index in [-0.39, 0.29) is 11.7 Å². The number of thioether (sulfide) groups is 1. The number of benzene rings is 2. The van der Waals surface area contributed by atoms with Crippen LogP contribution in [0.2, 0.25) is 5.02 Å². The molecule has 0 saturated heterocycles. The van der Waals surface area contributed by atoms with Crippen LogP contribution in [-0.4, -0.2) is 28.7 Å². The molecule has 0 bridgehead atoms. The molecule has 0 spiro atoms. The van der Waals surface area contributed by atoms with E-state index in [1.54, 1.807) is 25.3 Å². The molecule has 0 aliphatic rings. The van der Waals surface area contributed by atoms with Gasteiger partial charge < -0.3 is 15.0 Å². The number of carbonyl (C=O) groups excluding carboxylic acids is 1. The molecule has 7 heteroatoms. The lowest BCUT2D eigenvalue weighted by molar-refractivity contribution is -0.113. The molecule has 0 saturated carbocycles. The van der Waals surface area contributed by atoms with Gasteiger partial charge in [0.15, 0.2) is 5.16 Å². The molecule has 23 heavy (non-hydrogen) atoms. The highest BCUT2D eigenvalue weighted by molar-refractivity contribution is 7.99. The number of halogens is 1. The number of para-hydroxylation sites is 2. The normalized spacial score (nSPS) is 10.7. The summed E-state index contributed by atoms with van der Waals surface area (Å²) in [5.74, 6) is 0.696. The second-order valence-corrected chi connectivity index (χ2v) is 6.12. The molecule has 2 aromatic carbocycles. The first kappa shape index (κ1) is 15.7. The van der Waals surface area contributed by atoms with E-state index in [9.17, 15) is 4.79 Å². The predicted molar refractivity (Wildman–Crippen MR) is 93.5 cm³/mol. The maximum atomic E-state index is 12.0. The van der Waals surface area contributed by atoms with Gasteiger partial charge in [0, 0.05) is 5.69 Å². The van der Waals surface area contributed by atoms with Crippen molar-refractivity contribution in [2.75, 3.05) is 18.2 Å². The van der Waals surface area contributed by atoms with Crippen molar-refractivity contribution in [1.29, 1.82) is 0 Å². The Kier molecular flexibility index (Phi) is 4.73. The van der Waals surface area contributed by atoms with Crippen molar-refractivity contribution in [3.05, 3.63) is 47.5 Å². The van der Waals surface area contributed by atoms with Gasteiger partial charge in [0.2, 0.25) is 5.91 Å². The van der Waals surface area contributed by atoms with Crippen molar-refractivity contribution in [2.45, 2.75) is 5.16 Å². The minimum absolute atomic E-state index is 0.128. The van der Waals surface area contributed by atoms with Gasteiger partial charge >= 0.3 is 0 Å². The van der Waals surface area contributed by atoms with Crippen LogP contribution >= 0.6 is 23.4 Å². The highest BCUT2D eigenvalue weighted by Gasteiger charge is 2.08. The first-order valence-corrected chi connectivity index (χ1v) is 8.23. The van der Waals surface area contributed by atoms with Crippen molar-refractivity contribution in [3.8, 4) is 5.75 Å². The second kappa shape index (κ2) is 6.93. The standard InChI is InChI=1S/C16H14ClN3O2S/c1-22-14-7-6-10(8-11(14)17)18-15(21)9-23-16-19-12-4-2-3-5-13(12)20-16/h2-8H,9H2,1H3,(H,18,21)(H,19,20). The average molecular weight is 348 g/mol. The largest absolute Gasteiger partial charge is 0.495 e. The first-order chi connectivity index (χ1) is 11.2. The van der Waals surface area contributed by atoms with Gasteiger partial charge in [0.1, 0.15) is 5.75 Å². The molecule has 0 atom stereocenters. The molecule has 0 fully saturated rings. The molecule has 0 aliphatic heterocycles. The Morgan fingerprint density at radius 1 is 1.35 bits per heavy atom. The van der Waals surface area contributed by atoms with Crippen molar-refractivity contribution in [1.82, 2.24) is 9.97 Å². The summed E-state index contributed by atoms with van der Waals surface area (Å²) in [7, 11) is 1.55. The zero-order valence-electron chi connectivity index (χ0n) is 12.3. The summed E-state index contributed by atoms with van der Waals surface area (Å²) < 4.78 is 5.08. The Labute approximate surface area is 142 Å². The topological polar surface area (TPSA) is 67.0 Å². The SMILES string of the molecule is COc1ccc(NC(=O)CSc2nc3ccccc3[nH]2)cc1Cl. The van der Waals surface area contributed by atoms with Gasteiger partial charge in [0.05, 0.1) is 28.9 Å². The molecule has 3 aromatic rings. The average Bonchev–Trinajstić information content (AvgIpc) is 2.96. The summed E-state index contributed by atoms with van der Waals surface area (Å²) in [4.78, 5) is 19.6. The molecule has 3 rings (SSSR count). The van der Waals surface area contributed by atoms with Gasteiger partial charge in [-0.1, -0.05) is 35.5 Å². The quantitative estimate of drug-likeness (QED) is 0.686. The maximum Gasteiger partial charge on any atom is 0.234 e. The third kappa shape index (κ3) is 3.78. The Morgan fingerprint density at radius 2 is 2.17 bits per heavy atom. The summed E-state index contributed by atoms with van der Waals surface area (Å²) in [6, 6.07) is 12.9. The van der Waals surface area contributed by atoms with E-state index >= 15 is 0 Å². The molecule has 1 aromatic heterocycles. The Hall–Kier alpha value is -2.18. The number of rotatable bonds is 5. The van der Waals surface area contributed by atoms with Gasteiger partial charge in [-0.3, -0.25) is 4.79 Å². The highest BCUT2D eigenvalue weighted by atomic mass is 35.5. The zero-order valence-corrected chi connectivity index (χ0v) is 13.9. The van der Waals surface area contributed by atoms with Crippen LogP contribution in [-0.2, 0) is 4.79 Å². The number of hydrogen-bond donors (Lipinski definition) is 2. The summed E-state index contributed by atoms with van der Waals surface area (Å²) >= 11 is 7.38. The number of carbonyl (C=O) groups is 1. The number of nitrogens with one attached hydrogen (secondary N) is 2. The fourth-order valence-electron chi connectivity index (χ4n) is 2.07. The molecule has 1 heterocycles. The molecule has 0 aliphatic carbocycles. The molecule has 0 unspecified atom stereocenters. The molecule has 118 valence electrons. The lowest BCUT2D eigenvalue weighted by Gasteiger charge is -2.07. The van der Waals surface area contributed by atoms with E-state index in [2.05, 4.69) is 15.3 Å². The van der Waals surface area contributed by atoms with Crippen molar-refractivity contribution < 1.29 is 9.53 Å². The number of aromatic nitrogens is 2. The molecule has 0 radical (unpaired) electrons. The van der Waals surface area contributed by atoms with Crippen LogP contribution in [0, 0.1) is 0 Å². The lowest BCUT2D eigenvalue weighted by atomic mass is 10.3. The van der Waals surface area contributed by atoms with E-state index in [0.717, 1.165) is 11.0 Å². The van der Waals surface area contributed by atoms with Crippen LogP contribution in [0.1, 0.15) is 0 Å². The number of amides is 1. The fraction of sp³-hybridized carbons (Fsp3) is 0.125. The summed E-state index contributed by atoms with van der Waals surface area (Å²) in [5, 5.41) is 3.97. The van der Waals surface area contributed by atoms with E-state index < -0.39 is 0 Å². The van der Waals surface area contributed by atoms with E-state index in [0.29, 0.717) is 21.6 Å². The number of ether oxygens (including phenoxy) is 1. The maximum absolute atomic E-state index is 12.0. The van der Waals surface area contributed by atoms with E-state index in [4.69, 9.17) is 16.3 Å². The number of fused-ring (bicyclic) bond motifs is 1. The molecule has 5 nitrogen and oxygen atoms in total. The van der Waals surface area contributed by atoms with Gasteiger partial charge in [-0.15, -0.1) is 0 Å². The van der Waals surface area contributed by atoms with Gasteiger partial charge in [-0.05, 0) is 30.3 Å². The minimum atomic E-state index is -0.128. The summed E-state index contributed by atoms with van der Waals surface area (Å²) in [6.45, 7) is 0. The molecular formula is C16H14ClN3O2S. The van der Waals surface area contributed by atoms with Crippen LogP contribution in [0.5, 0.6) is 5.75 Å². The lowest BCUT2D eigenvalue weighted by Crippen LogP contribution is -2.14. The third-order valence-corrected chi connectivity index (χ3v) is 4.31.